The van der Waals surface area contributed by atoms with Crippen molar-refractivity contribution in [1.82, 2.24) is 0 Å². The molecule has 0 aromatic carbocycles. The van der Waals surface area contributed by atoms with Crippen molar-refractivity contribution in [3.63, 3.8) is 0 Å². The highest BCUT2D eigenvalue weighted by molar-refractivity contribution is 5.87. The Hall–Kier alpha value is -1.32. The molecule has 0 bridgehead atoms. The van der Waals surface area contributed by atoms with Crippen LogP contribution < -0.4 is 0 Å². The number of hydrogen-bond donors (Lipinski definition) is 0. The second-order valence-corrected chi connectivity index (χ2v) is 5.34. The van der Waals surface area contributed by atoms with E-state index in [9.17, 15) is 9.59 Å². The van der Waals surface area contributed by atoms with Crippen molar-refractivity contribution in [3.05, 3.63) is 12.2 Å². The van der Waals surface area contributed by atoms with Gasteiger partial charge in [-0.25, -0.2) is 4.79 Å². The van der Waals surface area contributed by atoms with Gasteiger partial charge in [0.1, 0.15) is 12.2 Å². The lowest BCUT2D eigenvalue weighted by Gasteiger charge is -2.29. The lowest BCUT2D eigenvalue weighted by molar-refractivity contribution is -0.160. The van der Waals surface area contributed by atoms with Crippen molar-refractivity contribution in [3.8, 4) is 0 Å². The van der Waals surface area contributed by atoms with Crippen LogP contribution in [0.25, 0.3) is 0 Å². The summed E-state index contributed by atoms with van der Waals surface area (Å²) in [7, 11) is 0. The molecule has 1 aliphatic carbocycles. The maximum atomic E-state index is 11.7. The lowest BCUT2D eigenvalue weighted by Crippen LogP contribution is -2.32. The zero-order chi connectivity index (χ0) is 14.4. The van der Waals surface area contributed by atoms with Crippen LogP contribution in [0.2, 0.25) is 0 Å². The van der Waals surface area contributed by atoms with Crippen LogP contribution in [0.1, 0.15) is 52.9 Å². The predicted molar refractivity (Wildman–Crippen MR) is 72.5 cm³/mol. The molecular formula is C15H24O4. The zero-order valence-electron chi connectivity index (χ0n) is 12.1. The summed E-state index contributed by atoms with van der Waals surface area (Å²) in [6, 6.07) is 0. The Labute approximate surface area is 115 Å². The summed E-state index contributed by atoms with van der Waals surface area (Å²) in [5, 5.41) is 0. The summed E-state index contributed by atoms with van der Waals surface area (Å²) >= 11 is 0. The highest BCUT2D eigenvalue weighted by atomic mass is 16.6. The van der Waals surface area contributed by atoms with Gasteiger partial charge >= 0.3 is 11.9 Å². The van der Waals surface area contributed by atoms with Crippen LogP contribution >= 0.6 is 0 Å². The van der Waals surface area contributed by atoms with E-state index >= 15 is 0 Å². The monoisotopic (exact) mass is 268 g/mol. The number of esters is 2. The molecule has 0 saturated heterocycles. The van der Waals surface area contributed by atoms with E-state index in [0.29, 0.717) is 12.0 Å². The van der Waals surface area contributed by atoms with Gasteiger partial charge in [-0.3, -0.25) is 4.79 Å². The summed E-state index contributed by atoms with van der Waals surface area (Å²) in [6.07, 6.45) is 3.68. The molecule has 4 nitrogen and oxygen atoms in total. The Bertz CT molecular complexity index is 348. The summed E-state index contributed by atoms with van der Waals surface area (Å²) < 4.78 is 10.8. The first kappa shape index (κ1) is 15.7. The molecule has 1 rings (SSSR count). The maximum Gasteiger partial charge on any atom is 0.333 e. The van der Waals surface area contributed by atoms with Gasteiger partial charge in [0, 0.05) is 12.0 Å². The molecule has 4 heteroatoms. The summed E-state index contributed by atoms with van der Waals surface area (Å²) in [5.41, 5.74) is 0.402. The predicted octanol–water partition coefficient (Wildman–Crippen LogP) is 3.01. The third-order valence-electron chi connectivity index (χ3n) is 3.50. The average molecular weight is 268 g/mol. The molecule has 0 spiro atoms. The first-order valence-corrected chi connectivity index (χ1v) is 7.01. The van der Waals surface area contributed by atoms with E-state index in [4.69, 9.17) is 9.47 Å². The third-order valence-corrected chi connectivity index (χ3v) is 3.50. The highest BCUT2D eigenvalue weighted by Crippen LogP contribution is 2.25. The third kappa shape index (κ3) is 5.05. The van der Waals surface area contributed by atoms with E-state index in [1.807, 2.05) is 13.8 Å². The fourth-order valence-corrected chi connectivity index (χ4v) is 2.02. The van der Waals surface area contributed by atoms with E-state index in [1.165, 1.54) is 0 Å². The molecule has 108 valence electrons. The zero-order valence-corrected chi connectivity index (χ0v) is 12.1. The molecule has 1 aliphatic rings. The van der Waals surface area contributed by atoms with Gasteiger partial charge < -0.3 is 9.47 Å². The van der Waals surface area contributed by atoms with Gasteiger partial charge in [-0.15, -0.1) is 0 Å². The Kier molecular flexibility index (Phi) is 6.06. The molecule has 3 unspecified atom stereocenters. The number of ether oxygens (including phenoxy) is 2. The largest absolute Gasteiger partial charge is 0.462 e. The fourth-order valence-electron chi connectivity index (χ4n) is 2.02. The summed E-state index contributed by atoms with van der Waals surface area (Å²) in [6.45, 7) is 9.02. The van der Waals surface area contributed by atoms with Gasteiger partial charge in [-0.05, 0) is 32.6 Å². The van der Waals surface area contributed by atoms with Gasteiger partial charge in [0.05, 0.1) is 5.92 Å². The highest BCUT2D eigenvalue weighted by Gasteiger charge is 2.28. The van der Waals surface area contributed by atoms with Crippen LogP contribution in [0.3, 0.4) is 0 Å². The smallest absolute Gasteiger partial charge is 0.333 e. The van der Waals surface area contributed by atoms with Gasteiger partial charge in [0.25, 0.3) is 0 Å². The normalized spacial score (nSPS) is 24.4. The Balaban J connectivity index is 2.44. The molecule has 0 aromatic rings. The Morgan fingerprint density at radius 3 is 2.37 bits per heavy atom. The Morgan fingerprint density at radius 1 is 1.26 bits per heavy atom. The SMILES string of the molecule is C=C(C)C(=O)OC1CCCC(OC(=O)C(C)CC)C1. The van der Waals surface area contributed by atoms with Crippen molar-refractivity contribution in [1.29, 1.82) is 0 Å². The van der Waals surface area contributed by atoms with Gasteiger partial charge in [0.15, 0.2) is 0 Å². The number of hydrogen-bond acceptors (Lipinski definition) is 4. The minimum absolute atomic E-state index is 0.0710. The molecule has 0 radical (unpaired) electrons. The molecule has 1 fully saturated rings. The van der Waals surface area contributed by atoms with Crippen molar-refractivity contribution in [2.45, 2.75) is 65.1 Å². The second kappa shape index (κ2) is 7.31. The van der Waals surface area contributed by atoms with Crippen LogP contribution in [0, 0.1) is 5.92 Å². The second-order valence-electron chi connectivity index (χ2n) is 5.34. The first-order valence-electron chi connectivity index (χ1n) is 7.01. The maximum absolute atomic E-state index is 11.7. The lowest BCUT2D eigenvalue weighted by atomic mass is 9.94. The van der Waals surface area contributed by atoms with E-state index in [0.717, 1.165) is 25.7 Å². The van der Waals surface area contributed by atoms with Gasteiger partial charge in [-0.1, -0.05) is 20.4 Å². The van der Waals surface area contributed by atoms with Gasteiger partial charge in [-0.2, -0.15) is 0 Å². The average Bonchev–Trinajstić information content (AvgIpc) is 2.37. The van der Waals surface area contributed by atoms with Crippen LogP contribution in [0.5, 0.6) is 0 Å². The molecule has 0 aromatic heterocycles. The minimum Gasteiger partial charge on any atom is -0.462 e. The molecule has 3 atom stereocenters. The molecule has 0 amide bonds. The number of carbonyl (C=O) groups excluding carboxylic acids is 2. The van der Waals surface area contributed by atoms with E-state index in [1.54, 1.807) is 6.92 Å². The van der Waals surface area contributed by atoms with Gasteiger partial charge in [0.2, 0.25) is 0 Å². The topological polar surface area (TPSA) is 52.6 Å². The minimum atomic E-state index is -0.362. The first-order chi connectivity index (χ1) is 8.93. The summed E-state index contributed by atoms with van der Waals surface area (Å²) in [4.78, 5) is 23.2. The van der Waals surface area contributed by atoms with E-state index in [-0.39, 0.29) is 30.1 Å². The van der Waals surface area contributed by atoms with Crippen LogP contribution in [0.4, 0.5) is 0 Å². The van der Waals surface area contributed by atoms with Crippen molar-refractivity contribution < 1.29 is 19.1 Å². The molecule has 19 heavy (non-hydrogen) atoms. The van der Waals surface area contributed by atoms with Crippen LogP contribution in [-0.2, 0) is 19.1 Å². The standard InChI is InChI=1S/C15H24O4/c1-5-11(4)15(17)19-13-8-6-7-12(9-13)18-14(16)10(2)3/h11-13H,2,5-9H2,1,3-4H3. The van der Waals surface area contributed by atoms with Crippen molar-refractivity contribution in [2.24, 2.45) is 5.92 Å². The van der Waals surface area contributed by atoms with Crippen molar-refractivity contribution in [2.75, 3.05) is 0 Å². The van der Waals surface area contributed by atoms with E-state index < -0.39 is 0 Å². The molecule has 0 aliphatic heterocycles. The summed E-state index contributed by atoms with van der Waals surface area (Å²) in [5.74, 6) is -0.586. The number of rotatable bonds is 5. The molecular weight excluding hydrogens is 244 g/mol. The quantitative estimate of drug-likeness (QED) is 0.568. The molecule has 0 N–H and O–H groups in total. The fraction of sp³-hybridized carbons (Fsp3) is 0.733. The number of carbonyl (C=O) groups is 2. The van der Waals surface area contributed by atoms with Crippen LogP contribution in [0.15, 0.2) is 12.2 Å². The molecule has 1 saturated carbocycles. The molecule has 0 heterocycles. The Morgan fingerprint density at radius 2 is 1.84 bits per heavy atom. The van der Waals surface area contributed by atoms with Crippen molar-refractivity contribution >= 4 is 11.9 Å². The van der Waals surface area contributed by atoms with E-state index in [2.05, 4.69) is 6.58 Å². The van der Waals surface area contributed by atoms with Crippen LogP contribution in [-0.4, -0.2) is 24.1 Å².